The molecule has 1 fully saturated rings. The standard InChI is InChI=1S/C17H32N4O7S2/c1-12(2)9-14-15(22)21(30(26,27)19(14)7)11-20(29(8,24)25)13(3)10-18-16(23)28-17(4,5)6/h12,14H,3,9-11H2,1-2,4-8H3,(H,18,23). The summed E-state index contributed by atoms with van der Waals surface area (Å²) in [5, 5.41) is 2.36. The minimum Gasteiger partial charge on any atom is -0.444 e. The fourth-order valence-corrected chi connectivity index (χ4v) is 5.07. The molecule has 0 bridgehead atoms. The van der Waals surface area contributed by atoms with Gasteiger partial charge in [0.1, 0.15) is 18.3 Å². The Labute approximate surface area is 179 Å². The highest BCUT2D eigenvalue weighted by Gasteiger charge is 2.49. The first kappa shape index (κ1) is 26.2. The summed E-state index contributed by atoms with van der Waals surface area (Å²) in [4.78, 5) is 24.6. The van der Waals surface area contributed by atoms with E-state index in [0.29, 0.717) is 15.0 Å². The van der Waals surface area contributed by atoms with Gasteiger partial charge in [0.25, 0.3) is 5.91 Å². The summed E-state index contributed by atoms with van der Waals surface area (Å²) in [5.74, 6) is -0.664. The highest BCUT2D eigenvalue weighted by molar-refractivity contribution is 7.89. The van der Waals surface area contributed by atoms with Gasteiger partial charge in [0.15, 0.2) is 0 Å². The molecule has 0 aliphatic carbocycles. The van der Waals surface area contributed by atoms with Gasteiger partial charge in [0, 0.05) is 12.7 Å². The van der Waals surface area contributed by atoms with Crippen LogP contribution in [-0.2, 0) is 29.8 Å². The molecule has 13 heteroatoms. The number of carbonyl (C=O) groups is 2. The quantitative estimate of drug-likeness (QED) is 0.554. The number of amides is 2. The molecular weight excluding hydrogens is 436 g/mol. The van der Waals surface area contributed by atoms with Crippen molar-refractivity contribution in [3.63, 3.8) is 0 Å². The van der Waals surface area contributed by atoms with Crippen molar-refractivity contribution in [2.45, 2.75) is 52.7 Å². The van der Waals surface area contributed by atoms with Crippen LogP contribution < -0.4 is 5.32 Å². The van der Waals surface area contributed by atoms with Crippen LogP contribution in [0.25, 0.3) is 0 Å². The molecule has 30 heavy (non-hydrogen) atoms. The summed E-state index contributed by atoms with van der Waals surface area (Å²) in [6.45, 7) is 11.2. The summed E-state index contributed by atoms with van der Waals surface area (Å²) in [5.41, 5.74) is -0.880. The van der Waals surface area contributed by atoms with Crippen molar-refractivity contribution in [3.05, 3.63) is 12.3 Å². The zero-order valence-electron chi connectivity index (χ0n) is 18.5. The van der Waals surface area contributed by atoms with Crippen molar-refractivity contribution >= 4 is 32.2 Å². The summed E-state index contributed by atoms with van der Waals surface area (Å²) >= 11 is 0. The Morgan fingerprint density at radius 2 is 1.87 bits per heavy atom. The fourth-order valence-electron chi connectivity index (χ4n) is 2.72. The van der Waals surface area contributed by atoms with Crippen LogP contribution in [0.2, 0.25) is 0 Å². The molecule has 174 valence electrons. The fraction of sp³-hybridized carbons (Fsp3) is 0.765. The number of rotatable bonds is 8. The van der Waals surface area contributed by atoms with Gasteiger partial charge in [-0.05, 0) is 33.1 Å². The first-order valence-corrected chi connectivity index (χ1v) is 12.5. The SMILES string of the molecule is C=C(CNC(=O)OC(C)(C)C)N(CN1C(=O)C(CC(C)C)N(C)S1(=O)=O)S(C)(=O)=O. The molecule has 1 aliphatic heterocycles. The predicted octanol–water partition coefficient (Wildman–Crippen LogP) is 0.677. The normalized spacial score (nSPS) is 19.8. The van der Waals surface area contributed by atoms with E-state index in [0.717, 1.165) is 10.6 Å². The molecule has 2 amide bonds. The molecule has 1 atom stereocenters. The van der Waals surface area contributed by atoms with Crippen molar-refractivity contribution < 1.29 is 31.2 Å². The van der Waals surface area contributed by atoms with Crippen molar-refractivity contribution in [3.8, 4) is 0 Å². The van der Waals surface area contributed by atoms with Crippen LogP contribution in [0.1, 0.15) is 41.0 Å². The topological polar surface area (TPSA) is 133 Å². The summed E-state index contributed by atoms with van der Waals surface area (Å²) < 4.78 is 57.1. The van der Waals surface area contributed by atoms with Gasteiger partial charge in [-0.2, -0.15) is 12.7 Å². The summed E-state index contributed by atoms with van der Waals surface area (Å²) in [7, 11) is -6.92. The number of hydrogen-bond donors (Lipinski definition) is 1. The minimum absolute atomic E-state index is 0.0514. The lowest BCUT2D eigenvalue weighted by atomic mass is 10.0. The number of nitrogens with one attached hydrogen (secondary N) is 1. The Balaban J connectivity index is 3.04. The van der Waals surface area contributed by atoms with Crippen molar-refractivity contribution in [1.29, 1.82) is 0 Å². The van der Waals surface area contributed by atoms with E-state index in [1.165, 1.54) is 7.05 Å². The number of alkyl carbamates (subject to hydrolysis) is 1. The number of carbonyl (C=O) groups excluding carboxylic acids is 2. The Morgan fingerprint density at radius 1 is 1.33 bits per heavy atom. The van der Waals surface area contributed by atoms with Crippen molar-refractivity contribution in [2.75, 3.05) is 26.5 Å². The molecule has 1 N–H and O–H groups in total. The van der Waals surface area contributed by atoms with Crippen LogP contribution in [0, 0.1) is 5.92 Å². The van der Waals surface area contributed by atoms with Crippen molar-refractivity contribution in [1.82, 2.24) is 18.2 Å². The number of sulfonamides is 1. The largest absolute Gasteiger partial charge is 0.444 e. The lowest BCUT2D eigenvalue weighted by Crippen LogP contribution is -2.46. The zero-order valence-corrected chi connectivity index (χ0v) is 20.1. The van der Waals surface area contributed by atoms with E-state index in [2.05, 4.69) is 11.9 Å². The van der Waals surface area contributed by atoms with Crippen LogP contribution in [0.5, 0.6) is 0 Å². The second-order valence-corrected chi connectivity index (χ2v) is 12.3. The van der Waals surface area contributed by atoms with Gasteiger partial charge in [-0.25, -0.2) is 17.5 Å². The molecular formula is C17H32N4O7S2. The maximum absolute atomic E-state index is 12.7. The van der Waals surface area contributed by atoms with Gasteiger partial charge in [-0.15, -0.1) is 0 Å². The summed E-state index contributed by atoms with van der Waals surface area (Å²) in [6.07, 6.45) is 0.359. The summed E-state index contributed by atoms with van der Waals surface area (Å²) in [6, 6.07) is -0.912. The number of ether oxygens (including phenoxy) is 1. The Morgan fingerprint density at radius 3 is 2.30 bits per heavy atom. The third-order valence-corrected chi connectivity index (χ3v) is 7.16. The lowest BCUT2D eigenvalue weighted by Gasteiger charge is -2.28. The molecule has 0 aromatic heterocycles. The average molecular weight is 469 g/mol. The highest BCUT2D eigenvalue weighted by Crippen LogP contribution is 2.27. The van der Waals surface area contributed by atoms with E-state index in [-0.39, 0.29) is 18.2 Å². The maximum Gasteiger partial charge on any atom is 0.407 e. The van der Waals surface area contributed by atoms with Gasteiger partial charge in [-0.3, -0.25) is 9.10 Å². The van der Waals surface area contributed by atoms with Gasteiger partial charge in [-0.1, -0.05) is 20.4 Å². The zero-order chi connectivity index (χ0) is 23.7. The smallest absolute Gasteiger partial charge is 0.407 e. The van der Waals surface area contributed by atoms with Gasteiger partial charge in [0.05, 0.1) is 12.8 Å². The Bertz CT molecular complexity index is 892. The van der Waals surface area contributed by atoms with Gasteiger partial charge < -0.3 is 10.1 Å². The average Bonchev–Trinajstić information content (AvgIpc) is 2.68. The van der Waals surface area contributed by atoms with Crippen molar-refractivity contribution in [2.24, 2.45) is 5.92 Å². The molecule has 0 radical (unpaired) electrons. The molecule has 0 saturated carbocycles. The number of likely N-dealkylation sites (N-methyl/N-ethyl adjacent to an activating group) is 1. The third-order valence-electron chi connectivity index (χ3n) is 4.15. The predicted molar refractivity (Wildman–Crippen MR) is 112 cm³/mol. The molecule has 1 unspecified atom stereocenters. The van der Waals surface area contributed by atoms with Gasteiger partial charge in [0.2, 0.25) is 10.0 Å². The lowest BCUT2D eigenvalue weighted by molar-refractivity contribution is -0.128. The number of hydrogen-bond acceptors (Lipinski definition) is 7. The van der Waals surface area contributed by atoms with Gasteiger partial charge >= 0.3 is 16.3 Å². The molecule has 1 rings (SSSR count). The van der Waals surface area contributed by atoms with Crippen LogP contribution in [0.4, 0.5) is 4.79 Å². The molecule has 0 aromatic rings. The van der Waals surface area contributed by atoms with E-state index in [1.807, 2.05) is 13.8 Å². The van der Waals surface area contributed by atoms with Crippen LogP contribution in [-0.4, -0.2) is 79.9 Å². The first-order valence-electron chi connectivity index (χ1n) is 9.29. The second-order valence-electron chi connectivity index (χ2n) is 8.53. The van der Waals surface area contributed by atoms with E-state index in [9.17, 15) is 26.4 Å². The van der Waals surface area contributed by atoms with E-state index in [4.69, 9.17) is 4.74 Å². The van der Waals surface area contributed by atoms with Crippen LogP contribution in [0.15, 0.2) is 12.3 Å². The first-order chi connectivity index (χ1) is 13.4. The minimum atomic E-state index is -4.20. The van der Waals surface area contributed by atoms with Crippen LogP contribution >= 0.6 is 0 Å². The third kappa shape index (κ3) is 6.57. The monoisotopic (exact) mass is 468 g/mol. The molecule has 1 saturated heterocycles. The number of nitrogens with zero attached hydrogens (tertiary/aromatic N) is 3. The molecule has 1 aliphatic rings. The van der Waals surface area contributed by atoms with E-state index < -0.39 is 50.5 Å². The van der Waals surface area contributed by atoms with Crippen LogP contribution in [0.3, 0.4) is 0 Å². The highest BCUT2D eigenvalue weighted by atomic mass is 32.2. The van der Waals surface area contributed by atoms with E-state index in [1.54, 1.807) is 20.8 Å². The Kier molecular flexibility index (Phi) is 7.94. The molecule has 0 spiro atoms. The second kappa shape index (κ2) is 9.10. The maximum atomic E-state index is 12.7. The molecule has 1 heterocycles. The van der Waals surface area contributed by atoms with E-state index >= 15 is 0 Å². The molecule has 0 aromatic carbocycles. The molecule has 11 nitrogen and oxygen atoms in total. The Hall–Kier alpha value is -1.86.